The monoisotopic (exact) mass is 471 g/mol. The Balaban J connectivity index is 1.64. The summed E-state index contributed by atoms with van der Waals surface area (Å²) >= 11 is 0. The fraction of sp³-hybridized carbons (Fsp3) is 0.435. The summed E-state index contributed by atoms with van der Waals surface area (Å²) in [4.78, 5) is 16.1. The number of fused-ring (bicyclic) bond motifs is 1. The van der Waals surface area contributed by atoms with E-state index in [4.69, 9.17) is 5.73 Å². The first-order chi connectivity index (χ1) is 15.2. The van der Waals surface area contributed by atoms with Gasteiger partial charge in [-0.1, -0.05) is 30.3 Å². The number of rotatable bonds is 3. The van der Waals surface area contributed by atoms with Crippen LogP contribution in [0.2, 0.25) is 0 Å². The van der Waals surface area contributed by atoms with Crippen LogP contribution in [0.4, 0.5) is 31.1 Å². The van der Waals surface area contributed by atoms with Crippen molar-refractivity contribution in [2.24, 2.45) is 11.7 Å². The third kappa shape index (κ3) is 4.16. The number of nitrogens with two attached hydrogens (primary N) is 1. The lowest BCUT2D eigenvalue weighted by Gasteiger charge is -2.36. The molecule has 2 aromatic carbocycles. The summed E-state index contributed by atoms with van der Waals surface area (Å²) in [6.45, 7) is 1.78. The Labute approximate surface area is 187 Å². The Hall–Kier alpha value is -2.75. The number of carbonyl (C=O) groups is 1. The van der Waals surface area contributed by atoms with Crippen molar-refractivity contribution in [2.45, 2.75) is 43.3 Å². The zero-order valence-electron chi connectivity index (χ0n) is 17.9. The Bertz CT molecular complexity index is 1020. The fourth-order valence-corrected chi connectivity index (χ4v) is 4.70. The van der Waals surface area contributed by atoms with Crippen molar-refractivity contribution in [1.82, 2.24) is 9.80 Å². The summed E-state index contributed by atoms with van der Waals surface area (Å²) in [6.07, 6.45) is -9.17. The molecule has 4 unspecified atom stereocenters. The molecular formula is C23H23F6N3O. The Morgan fingerprint density at radius 3 is 2.12 bits per heavy atom. The van der Waals surface area contributed by atoms with Crippen molar-refractivity contribution in [3.63, 3.8) is 0 Å². The quantitative estimate of drug-likeness (QED) is 0.592. The number of benzene rings is 2. The van der Waals surface area contributed by atoms with Gasteiger partial charge < -0.3 is 15.5 Å². The largest absolute Gasteiger partial charge is 0.416 e. The molecule has 1 aliphatic heterocycles. The van der Waals surface area contributed by atoms with Crippen LogP contribution >= 0.6 is 0 Å². The van der Waals surface area contributed by atoms with Crippen molar-refractivity contribution in [2.75, 3.05) is 13.6 Å². The van der Waals surface area contributed by atoms with Crippen LogP contribution in [0.15, 0.2) is 48.5 Å². The molecule has 0 radical (unpaired) electrons. The summed E-state index contributed by atoms with van der Waals surface area (Å²) in [5.41, 5.74) is 3.70. The van der Waals surface area contributed by atoms with E-state index in [2.05, 4.69) is 0 Å². The second kappa shape index (κ2) is 7.65. The van der Waals surface area contributed by atoms with Crippen LogP contribution in [-0.4, -0.2) is 35.0 Å². The van der Waals surface area contributed by atoms with E-state index in [9.17, 15) is 31.1 Å². The van der Waals surface area contributed by atoms with E-state index >= 15 is 0 Å². The van der Waals surface area contributed by atoms with Gasteiger partial charge in [0, 0.05) is 19.1 Å². The van der Waals surface area contributed by atoms with Gasteiger partial charge in [-0.2, -0.15) is 26.3 Å². The van der Waals surface area contributed by atoms with Gasteiger partial charge in [-0.3, -0.25) is 0 Å². The molecule has 2 aliphatic rings. The predicted molar refractivity (Wildman–Crippen MR) is 109 cm³/mol. The first kappa shape index (κ1) is 23.4. The predicted octanol–water partition coefficient (Wildman–Crippen LogP) is 5.61. The van der Waals surface area contributed by atoms with E-state index in [1.807, 2.05) is 30.3 Å². The van der Waals surface area contributed by atoms with Gasteiger partial charge in [0.25, 0.3) is 0 Å². The van der Waals surface area contributed by atoms with E-state index < -0.39 is 47.1 Å². The topological polar surface area (TPSA) is 49.6 Å². The lowest BCUT2D eigenvalue weighted by atomic mass is 9.97. The van der Waals surface area contributed by atoms with E-state index in [1.165, 1.54) is 18.9 Å². The number of nitrogens with zero attached hydrogens (tertiary/aromatic N) is 2. The van der Waals surface area contributed by atoms with Crippen LogP contribution < -0.4 is 5.73 Å². The number of amides is 2. The number of alkyl halides is 6. The molecule has 1 saturated carbocycles. The van der Waals surface area contributed by atoms with Crippen molar-refractivity contribution >= 4 is 6.03 Å². The van der Waals surface area contributed by atoms with Crippen molar-refractivity contribution < 1.29 is 31.1 Å². The molecule has 2 amide bonds. The maximum Gasteiger partial charge on any atom is 0.416 e. The molecule has 33 heavy (non-hydrogen) atoms. The number of hydrogen-bond donors (Lipinski definition) is 1. The molecule has 4 atom stereocenters. The Morgan fingerprint density at radius 2 is 1.61 bits per heavy atom. The van der Waals surface area contributed by atoms with Crippen molar-refractivity contribution in [3.8, 4) is 0 Å². The minimum atomic E-state index is -4.96. The van der Waals surface area contributed by atoms with Gasteiger partial charge in [-0.05, 0) is 48.6 Å². The summed E-state index contributed by atoms with van der Waals surface area (Å²) in [5.74, 6) is 0.0979. The third-order valence-corrected chi connectivity index (χ3v) is 6.77. The van der Waals surface area contributed by atoms with E-state index in [0.29, 0.717) is 18.7 Å². The molecular weight excluding hydrogens is 448 g/mol. The van der Waals surface area contributed by atoms with E-state index in [1.54, 1.807) is 4.90 Å². The SMILES string of the molecule is CC(c1cc(C(F)(F)F)cc(C(F)(F)F)c1)N(C)C(=O)N1CC2CC2(N)C1c1ccccc1. The number of hydrogen-bond acceptors (Lipinski definition) is 2. The van der Waals surface area contributed by atoms with Crippen molar-refractivity contribution in [3.05, 3.63) is 70.8 Å². The average Bonchev–Trinajstić information content (AvgIpc) is 3.31. The van der Waals surface area contributed by atoms with Gasteiger partial charge >= 0.3 is 18.4 Å². The summed E-state index contributed by atoms with van der Waals surface area (Å²) in [5, 5.41) is 0. The number of carbonyl (C=O) groups excluding carboxylic acids is 1. The molecule has 1 aliphatic carbocycles. The van der Waals surface area contributed by atoms with Crippen LogP contribution in [0.1, 0.15) is 47.7 Å². The highest BCUT2D eigenvalue weighted by Crippen LogP contribution is 2.58. The average molecular weight is 471 g/mol. The molecule has 4 nitrogen and oxygen atoms in total. The van der Waals surface area contributed by atoms with E-state index in [-0.39, 0.29) is 17.5 Å². The minimum absolute atomic E-state index is 0.0790. The number of likely N-dealkylation sites (tertiary alicyclic amines) is 1. The Kier molecular flexibility index (Phi) is 5.42. The number of piperidine rings is 1. The zero-order valence-corrected chi connectivity index (χ0v) is 17.9. The number of urea groups is 1. The van der Waals surface area contributed by atoms with Crippen LogP contribution in [-0.2, 0) is 12.4 Å². The molecule has 1 saturated heterocycles. The van der Waals surface area contributed by atoms with Gasteiger partial charge in [-0.15, -0.1) is 0 Å². The smallest absolute Gasteiger partial charge is 0.323 e. The molecule has 0 spiro atoms. The van der Waals surface area contributed by atoms with Gasteiger partial charge in [0.15, 0.2) is 0 Å². The van der Waals surface area contributed by atoms with Gasteiger partial charge in [-0.25, -0.2) is 4.79 Å². The van der Waals surface area contributed by atoms with Crippen LogP contribution in [0.3, 0.4) is 0 Å². The lowest BCUT2D eigenvalue weighted by Crippen LogP contribution is -2.46. The molecule has 178 valence electrons. The molecule has 2 aromatic rings. The molecule has 0 bridgehead atoms. The van der Waals surface area contributed by atoms with Gasteiger partial charge in [0.1, 0.15) is 0 Å². The van der Waals surface area contributed by atoms with Crippen molar-refractivity contribution in [1.29, 1.82) is 0 Å². The van der Waals surface area contributed by atoms with Crippen LogP contribution in [0.25, 0.3) is 0 Å². The molecule has 0 aromatic heterocycles. The van der Waals surface area contributed by atoms with Gasteiger partial charge in [0.2, 0.25) is 0 Å². The zero-order chi connectivity index (χ0) is 24.3. The summed E-state index contributed by atoms with van der Waals surface area (Å²) < 4.78 is 79.6. The fourth-order valence-electron chi connectivity index (χ4n) is 4.70. The standard InChI is InChI=1S/C23H23F6N3O/c1-13(15-8-16(22(24,25)26)10-17(9-15)23(27,28)29)31(2)20(33)32-12-18-11-21(18,30)19(32)14-6-4-3-5-7-14/h3-10,13,18-19H,11-12,30H2,1-2H3. The van der Waals surface area contributed by atoms with E-state index in [0.717, 1.165) is 12.0 Å². The third-order valence-electron chi connectivity index (χ3n) is 6.77. The normalized spacial score (nSPS) is 25.5. The summed E-state index contributed by atoms with van der Waals surface area (Å²) in [7, 11) is 1.37. The maximum atomic E-state index is 13.4. The summed E-state index contributed by atoms with van der Waals surface area (Å²) in [6, 6.07) is 8.62. The van der Waals surface area contributed by atoms with Crippen LogP contribution in [0.5, 0.6) is 0 Å². The minimum Gasteiger partial charge on any atom is -0.323 e. The highest BCUT2D eigenvalue weighted by Gasteiger charge is 2.65. The molecule has 1 heterocycles. The molecule has 2 fully saturated rings. The maximum absolute atomic E-state index is 13.4. The molecule has 2 N–H and O–H groups in total. The van der Waals surface area contributed by atoms with Gasteiger partial charge in [0.05, 0.1) is 23.2 Å². The second-order valence-electron chi connectivity index (χ2n) is 8.89. The molecule has 4 rings (SSSR count). The first-order valence-corrected chi connectivity index (χ1v) is 10.4. The highest BCUT2D eigenvalue weighted by atomic mass is 19.4. The Morgan fingerprint density at radius 1 is 1.06 bits per heavy atom. The molecule has 10 heteroatoms. The van der Waals surface area contributed by atoms with Crippen LogP contribution in [0, 0.1) is 5.92 Å². The second-order valence-corrected chi connectivity index (χ2v) is 8.89. The lowest BCUT2D eigenvalue weighted by molar-refractivity contribution is -0.143. The highest BCUT2D eigenvalue weighted by molar-refractivity contribution is 5.76. The number of halogens is 6. The first-order valence-electron chi connectivity index (χ1n) is 10.4.